The van der Waals surface area contributed by atoms with Crippen LogP contribution < -0.4 is 5.73 Å². The third-order valence-electron chi connectivity index (χ3n) is 2.76. The van der Waals surface area contributed by atoms with Crippen molar-refractivity contribution in [3.63, 3.8) is 0 Å². The Kier molecular flexibility index (Phi) is 1.92. The Labute approximate surface area is 92.4 Å². The Bertz CT molecular complexity index is 514. The fourth-order valence-electron chi connectivity index (χ4n) is 1.78. The summed E-state index contributed by atoms with van der Waals surface area (Å²) in [7, 11) is 0. The van der Waals surface area contributed by atoms with Crippen LogP contribution in [0.3, 0.4) is 0 Å². The number of aryl methyl sites for hydroxylation is 1. The molecule has 0 unspecified atom stereocenters. The highest BCUT2D eigenvalue weighted by atomic mass is 32.1. The topological polar surface area (TPSA) is 51.8 Å². The standard InChI is InChI=1S/C11H13N3S/c1-6-4-8-10(12)13-9(5-7-2-3-7)14-11(8)15-6/h4,7H,2-3,5H2,1H3,(H2,12,13,14). The molecule has 0 aromatic carbocycles. The number of rotatable bonds is 2. The van der Waals surface area contributed by atoms with E-state index in [-0.39, 0.29) is 0 Å². The maximum atomic E-state index is 5.92. The summed E-state index contributed by atoms with van der Waals surface area (Å²) >= 11 is 1.70. The van der Waals surface area contributed by atoms with E-state index in [2.05, 4.69) is 23.0 Å². The quantitative estimate of drug-likeness (QED) is 0.844. The second-order valence-electron chi connectivity index (χ2n) is 4.25. The smallest absolute Gasteiger partial charge is 0.135 e. The van der Waals surface area contributed by atoms with Gasteiger partial charge in [-0.1, -0.05) is 0 Å². The number of hydrogen-bond donors (Lipinski definition) is 1. The first-order valence-electron chi connectivity index (χ1n) is 5.25. The molecule has 1 aliphatic rings. The SMILES string of the molecule is Cc1cc2c(N)nc(CC3CC3)nc2s1. The predicted molar refractivity (Wildman–Crippen MR) is 63.0 cm³/mol. The molecule has 0 atom stereocenters. The van der Waals surface area contributed by atoms with Crippen LogP contribution in [0.15, 0.2) is 6.07 Å². The zero-order valence-corrected chi connectivity index (χ0v) is 9.47. The molecule has 4 heteroatoms. The summed E-state index contributed by atoms with van der Waals surface area (Å²) in [4.78, 5) is 11.2. The van der Waals surface area contributed by atoms with Crippen molar-refractivity contribution in [2.45, 2.75) is 26.2 Å². The van der Waals surface area contributed by atoms with Crippen molar-refractivity contribution in [2.24, 2.45) is 5.92 Å². The molecule has 2 aromatic heterocycles. The molecule has 2 aromatic rings. The molecular formula is C11H13N3S. The third kappa shape index (κ3) is 1.69. The van der Waals surface area contributed by atoms with Crippen LogP contribution in [0.1, 0.15) is 23.5 Å². The first kappa shape index (κ1) is 9.09. The Hall–Kier alpha value is -1.16. The Balaban J connectivity index is 2.08. The molecule has 0 radical (unpaired) electrons. The van der Waals surface area contributed by atoms with Gasteiger partial charge in [-0.15, -0.1) is 11.3 Å². The highest BCUT2D eigenvalue weighted by molar-refractivity contribution is 7.18. The summed E-state index contributed by atoms with van der Waals surface area (Å²) in [5, 5.41) is 1.01. The largest absolute Gasteiger partial charge is 0.383 e. The number of anilines is 1. The van der Waals surface area contributed by atoms with Crippen LogP contribution in [0.4, 0.5) is 5.82 Å². The number of nitrogens with two attached hydrogens (primary N) is 1. The van der Waals surface area contributed by atoms with Crippen molar-refractivity contribution < 1.29 is 0 Å². The number of nitrogens with zero attached hydrogens (tertiary/aromatic N) is 2. The van der Waals surface area contributed by atoms with E-state index in [0.29, 0.717) is 5.82 Å². The highest BCUT2D eigenvalue weighted by Gasteiger charge is 2.23. The molecule has 0 aliphatic heterocycles. The Morgan fingerprint density at radius 2 is 2.27 bits per heavy atom. The van der Waals surface area contributed by atoms with Crippen LogP contribution >= 0.6 is 11.3 Å². The van der Waals surface area contributed by atoms with Crippen LogP contribution in [0, 0.1) is 12.8 Å². The Morgan fingerprint density at radius 1 is 1.47 bits per heavy atom. The van der Waals surface area contributed by atoms with E-state index < -0.39 is 0 Å². The van der Waals surface area contributed by atoms with Crippen molar-refractivity contribution in [1.29, 1.82) is 0 Å². The van der Waals surface area contributed by atoms with E-state index in [1.807, 2.05) is 0 Å². The maximum absolute atomic E-state index is 5.92. The van der Waals surface area contributed by atoms with Gasteiger partial charge in [-0.25, -0.2) is 9.97 Å². The van der Waals surface area contributed by atoms with Crippen molar-refractivity contribution in [3.05, 3.63) is 16.8 Å². The average molecular weight is 219 g/mol. The number of thiophene rings is 1. The predicted octanol–water partition coefficient (Wildman–Crippen LogP) is 2.53. The zero-order chi connectivity index (χ0) is 10.4. The van der Waals surface area contributed by atoms with E-state index in [4.69, 9.17) is 5.73 Å². The molecule has 0 spiro atoms. The van der Waals surface area contributed by atoms with Gasteiger partial charge in [-0.3, -0.25) is 0 Å². The average Bonchev–Trinajstić information content (AvgIpc) is 2.87. The van der Waals surface area contributed by atoms with Crippen LogP contribution in [-0.4, -0.2) is 9.97 Å². The fraction of sp³-hybridized carbons (Fsp3) is 0.455. The number of nitrogen functional groups attached to an aromatic ring is 1. The third-order valence-corrected chi connectivity index (χ3v) is 3.70. The van der Waals surface area contributed by atoms with E-state index in [1.165, 1.54) is 17.7 Å². The van der Waals surface area contributed by atoms with Gasteiger partial charge in [-0.05, 0) is 31.7 Å². The molecule has 1 aliphatic carbocycles. The zero-order valence-electron chi connectivity index (χ0n) is 8.66. The molecule has 0 amide bonds. The molecule has 0 bridgehead atoms. The van der Waals surface area contributed by atoms with Gasteiger partial charge in [0.25, 0.3) is 0 Å². The molecular weight excluding hydrogens is 206 g/mol. The molecule has 2 heterocycles. The minimum atomic E-state index is 0.639. The summed E-state index contributed by atoms with van der Waals surface area (Å²) in [6.45, 7) is 2.08. The van der Waals surface area contributed by atoms with Gasteiger partial charge in [-0.2, -0.15) is 0 Å². The van der Waals surface area contributed by atoms with Gasteiger partial charge in [0.2, 0.25) is 0 Å². The molecule has 3 rings (SSSR count). The van der Waals surface area contributed by atoms with Gasteiger partial charge in [0, 0.05) is 11.3 Å². The fourth-order valence-corrected chi connectivity index (χ4v) is 2.69. The summed E-state index contributed by atoms with van der Waals surface area (Å²) in [5.41, 5.74) is 5.92. The van der Waals surface area contributed by atoms with E-state index in [0.717, 1.165) is 28.4 Å². The lowest BCUT2D eigenvalue weighted by atomic mass is 10.2. The minimum Gasteiger partial charge on any atom is -0.383 e. The van der Waals surface area contributed by atoms with Crippen LogP contribution in [-0.2, 0) is 6.42 Å². The first-order valence-corrected chi connectivity index (χ1v) is 6.06. The van der Waals surface area contributed by atoms with Crippen molar-refractivity contribution in [3.8, 4) is 0 Å². The van der Waals surface area contributed by atoms with E-state index in [9.17, 15) is 0 Å². The molecule has 78 valence electrons. The molecule has 3 nitrogen and oxygen atoms in total. The summed E-state index contributed by atoms with van der Waals surface area (Å²) < 4.78 is 0. The van der Waals surface area contributed by atoms with E-state index in [1.54, 1.807) is 11.3 Å². The minimum absolute atomic E-state index is 0.639. The first-order chi connectivity index (χ1) is 7.22. The monoisotopic (exact) mass is 219 g/mol. The lowest BCUT2D eigenvalue weighted by Gasteiger charge is -2.00. The van der Waals surface area contributed by atoms with Crippen molar-refractivity contribution >= 4 is 27.4 Å². The van der Waals surface area contributed by atoms with Gasteiger partial charge >= 0.3 is 0 Å². The number of hydrogen-bond acceptors (Lipinski definition) is 4. The number of aromatic nitrogens is 2. The highest BCUT2D eigenvalue weighted by Crippen LogP contribution is 2.33. The maximum Gasteiger partial charge on any atom is 0.135 e. The molecule has 2 N–H and O–H groups in total. The van der Waals surface area contributed by atoms with Gasteiger partial charge in [0.05, 0.1) is 5.39 Å². The number of fused-ring (bicyclic) bond motifs is 1. The summed E-state index contributed by atoms with van der Waals surface area (Å²) in [6.07, 6.45) is 3.65. The van der Waals surface area contributed by atoms with Crippen LogP contribution in [0.25, 0.3) is 10.2 Å². The lowest BCUT2D eigenvalue weighted by Crippen LogP contribution is -2.00. The Morgan fingerprint density at radius 3 is 3.00 bits per heavy atom. The summed E-state index contributed by atoms with van der Waals surface area (Å²) in [5.74, 6) is 2.37. The van der Waals surface area contributed by atoms with Crippen LogP contribution in [0.2, 0.25) is 0 Å². The summed E-state index contributed by atoms with van der Waals surface area (Å²) in [6, 6.07) is 2.07. The molecule has 0 saturated heterocycles. The van der Waals surface area contributed by atoms with Gasteiger partial charge in [0.15, 0.2) is 0 Å². The molecule has 1 fully saturated rings. The van der Waals surface area contributed by atoms with Crippen molar-refractivity contribution in [1.82, 2.24) is 9.97 Å². The van der Waals surface area contributed by atoms with Crippen molar-refractivity contribution in [2.75, 3.05) is 5.73 Å². The molecule has 1 saturated carbocycles. The molecule has 15 heavy (non-hydrogen) atoms. The van der Waals surface area contributed by atoms with Gasteiger partial charge < -0.3 is 5.73 Å². The van der Waals surface area contributed by atoms with Gasteiger partial charge in [0.1, 0.15) is 16.5 Å². The second kappa shape index (κ2) is 3.17. The lowest BCUT2D eigenvalue weighted by molar-refractivity contribution is 0.778. The second-order valence-corrected chi connectivity index (χ2v) is 5.48. The van der Waals surface area contributed by atoms with Crippen LogP contribution in [0.5, 0.6) is 0 Å². The van der Waals surface area contributed by atoms with E-state index >= 15 is 0 Å². The normalized spacial score (nSPS) is 16.1.